The fourth-order valence-electron chi connectivity index (χ4n) is 2.66. The van der Waals surface area contributed by atoms with Gasteiger partial charge in [0.1, 0.15) is 23.7 Å². The van der Waals surface area contributed by atoms with Crippen molar-refractivity contribution in [3.8, 4) is 5.75 Å². The van der Waals surface area contributed by atoms with Crippen molar-refractivity contribution in [1.29, 1.82) is 0 Å². The van der Waals surface area contributed by atoms with Crippen LogP contribution >= 0.6 is 12.2 Å². The molecule has 1 fully saturated rings. The van der Waals surface area contributed by atoms with Crippen LogP contribution in [0.4, 0.5) is 4.39 Å². The van der Waals surface area contributed by atoms with Gasteiger partial charge in [-0.25, -0.2) is 4.39 Å². The summed E-state index contributed by atoms with van der Waals surface area (Å²) >= 11 is 5.04. The fraction of sp³-hybridized carbons (Fsp3) is 0.0952. The molecule has 2 aromatic rings. The zero-order chi connectivity index (χ0) is 20.1. The van der Waals surface area contributed by atoms with E-state index in [-0.39, 0.29) is 29.7 Å². The van der Waals surface area contributed by atoms with E-state index in [0.29, 0.717) is 16.9 Å². The first-order chi connectivity index (χ1) is 13.5. The molecule has 2 aromatic carbocycles. The lowest BCUT2D eigenvalue weighted by Crippen LogP contribution is -2.53. The average molecular weight is 396 g/mol. The second-order valence-corrected chi connectivity index (χ2v) is 6.36. The Kier molecular flexibility index (Phi) is 5.96. The largest absolute Gasteiger partial charge is 0.488 e. The average Bonchev–Trinajstić information content (AvgIpc) is 2.67. The topological polar surface area (TPSA) is 58.6 Å². The normalized spacial score (nSPS) is 15.5. The number of halogens is 1. The number of rotatable bonds is 6. The van der Waals surface area contributed by atoms with Crippen molar-refractivity contribution in [2.45, 2.75) is 6.61 Å². The van der Waals surface area contributed by atoms with Crippen molar-refractivity contribution in [2.24, 2.45) is 0 Å². The van der Waals surface area contributed by atoms with Crippen molar-refractivity contribution in [3.05, 3.63) is 83.7 Å². The molecule has 0 bridgehead atoms. The van der Waals surface area contributed by atoms with E-state index in [1.54, 1.807) is 36.4 Å². The number of nitrogens with one attached hydrogen (secondary N) is 1. The molecule has 0 radical (unpaired) electrons. The molecule has 1 aliphatic rings. The highest BCUT2D eigenvalue weighted by atomic mass is 32.1. The molecule has 3 rings (SSSR count). The maximum absolute atomic E-state index is 13.3. The third-order valence-electron chi connectivity index (χ3n) is 4.00. The standard InChI is InChI=1S/C21H17FN2O3S/c1-2-10-24-20(26)17(19(25)23-21(24)28)12-15-7-3-4-9-18(15)27-13-14-6-5-8-16(22)11-14/h2-9,11-12H,1,10,13H2,(H,23,25,28)/b17-12+. The van der Waals surface area contributed by atoms with Crippen LogP contribution in [-0.2, 0) is 16.2 Å². The first-order valence-corrected chi connectivity index (χ1v) is 8.86. The Hall–Kier alpha value is -3.32. The van der Waals surface area contributed by atoms with Crippen molar-refractivity contribution in [1.82, 2.24) is 10.2 Å². The molecule has 0 spiro atoms. The number of ether oxygens (including phenoxy) is 1. The third-order valence-corrected chi connectivity index (χ3v) is 4.32. The highest BCUT2D eigenvalue weighted by Gasteiger charge is 2.32. The molecule has 0 unspecified atom stereocenters. The van der Waals surface area contributed by atoms with Crippen LogP contribution in [0.3, 0.4) is 0 Å². The van der Waals surface area contributed by atoms with Gasteiger partial charge in [0.15, 0.2) is 5.11 Å². The van der Waals surface area contributed by atoms with Crippen LogP contribution in [0.2, 0.25) is 0 Å². The Balaban J connectivity index is 1.87. The minimum atomic E-state index is -0.574. The van der Waals surface area contributed by atoms with Gasteiger partial charge < -0.3 is 4.74 Å². The van der Waals surface area contributed by atoms with Crippen LogP contribution in [0, 0.1) is 5.82 Å². The van der Waals surface area contributed by atoms with E-state index < -0.39 is 11.8 Å². The smallest absolute Gasteiger partial charge is 0.265 e. The predicted octanol–water partition coefficient (Wildman–Crippen LogP) is 3.22. The van der Waals surface area contributed by atoms with E-state index >= 15 is 0 Å². The zero-order valence-corrected chi connectivity index (χ0v) is 15.7. The van der Waals surface area contributed by atoms with Gasteiger partial charge in [0.2, 0.25) is 0 Å². The van der Waals surface area contributed by atoms with Crippen LogP contribution in [0.1, 0.15) is 11.1 Å². The van der Waals surface area contributed by atoms with Gasteiger partial charge in [0.05, 0.1) is 0 Å². The van der Waals surface area contributed by atoms with Crippen LogP contribution in [0.15, 0.2) is 66.8 Å². The number of benzene rings is 2. The minimum Gasteiger partial charge on any atom is -0.488 e. The number of para-hydroxylation sites is 1. The lowest BCUT2D eigenvalue weighted by Gasteiger charge is -2.27. The second-order valence-electron chi connectivity index (χ2n) is 5.98. The molecule has 1 N–H and O–H groups in total. The Morgan fingerprint density at radius 2 is 1.96 bits per heavy atom. The molecule has 28 heavy (non-hydrogen) atoms. The summed E-state index contributed by atoms with van der Waals surface area (Å²) in [5.41, 5.74) is 1.15. The summed E-state index contributed by atoms with van der Waals surface area (Å²) in [5, 5.41) is 2.54. The second kappa shape index (κ2) is 8.58. The number of carbonyl (C=O) groups is 2. The quantitative estimate of drug-likeness (QED) is 0.353. The first kappa shape index (κ1) is 19.4. The maximum atomic E-state index is 13.3. The molecular formula is C21H17FN2O3S. The molecule has 1 heterocycles. The Morgan fingerprint density at radius 1 is 1.18 bits per heavy atom. The van der Waals surface area contributed by atoms with E-state index in [2.05, 4.69) is 11.9 Å². The predicted molar refractivity (Wildman–Crippen MR) is 108 cm³/mol. The number of carbonyl (C=O) groups excluding carboxylic acids is 2. The summed E-state index contributed by atoms with van der Waals surface area (Å²) < 4.78 is 19.1. The molecule has 0 aliphatic carbocycles. The van der Waals surface area contributed by atoms with Gasteiger partial charge >= 0.3 is 0 Å². The molecular weight excluding hydrogens is 379 g/mol. The SMILES string of the molecule is C=CCN1C(=O)/C(=C/c2ccccc2OCc2cccc(F)c2)C(=O)NC1=S. The third kappa shape index (κ3) is 4.32. The first-order valence-electron chi connectivity index (χ1n) is 8.45. The lowest BCUT2D eigenvalue weighted by molar-refractivity contribution is -0.128. The van der Waals surface area contributed by atoms with Crippen LogP contribution in [0.25, 0.3) is 6.08 Å². The van der Waals surface area contributed by atoms with E-state index in [9.17, 15) is 14.0 Å². The summed E-state index contributed by atoms with van der Waals surface area (Å²) in [6.45, 7) is 3.92. The Morgan fingerprint density at radius 3 is 2.71 bits per heavy atom. The van der Waals surface area contributed by atoms with Gasteiger partial charge in [-0.05, 0) is 42.1 Å². The van der Waals surface area contributed by atoms with Gasteiger partial charge in [-0.15, -0.1) is 6.58 Å². The molecule has 1 saturated heterocycles. The molecule has 5 nitrogen and oxygen atoms in total. The number of hydrogen-bond donors (Lipinski definition) is 1. The molecule has 0 aromatic heterocycles. The van der Waals surface area contributed by atoms with Crippen LogP contribution in [-0.4, -0.2) is 28.4 Å². The van der Waals surface area contributed by atoms with E-state index in [1.807, 2.05) is 0 Å². The molecule has 1 aliphatic heterocycles. The van der Waals surface area contributed by atoms with E-state index in [0.717, 1.165) is 0 Å². The summed E-state index contributed by atoms with van der Waals surface area (Å²) in [4.78, 5) is 26.2. The van der Waals surface area contributed by atoms with E-state index in [4.69, 9.17) is 17.0 Å². The molecule has 0 atom stereocenters. The van der Waals surface area contributed by atoms with Gasteiger partial charge in [0, 0.05) is 12.1 Å². The van der Waals surface area contributed by atoms with Crippen molar-refractivity contribution >= 4 is 35.2 Å². The van der Waals surface area contributed by atoms with Gasteiger partial charge in [-0.1, -0.05) is 36.4 Å². The van der Waals surface area contributed by atoms with Gasteiger partial charge in [-0.3, -0.25) is 19.8 Å². The van der Waals surface area contributed by atoms with Gasteiger partial charge in [-0.2, -0.15) is 0 Å². The number of nitrogens with zero attached hydrogens (tertiary/aromatic N) is 1. The zero-order valence-electron chi connectivity index (χ0n) is 14.9. The number of thiocarbonyl (C=S) groups is 1. The Bertz CT molecular complexity index is 987. The molecule has 142 valence electrons. The van der Waals surface area contributed by atoms with Crippen LogP contribution < -0.4 is 10.1 Å². The summed E-state index contributed by atoms with van der Waals surface area (Å²) in [7, 11) is 0. The molecule has 0 saturated carbocycles. The van der Waals surface area contributed by atoms with E-state index in [1.165, 1.54) is 29.2 Å². The summed E-state index contributed by atoms with van der Waals surface area (Å²) in [6.07, 6.45) is 2.98. The van der Waals surface area contributed by atoms with Crippen LogP contribution in [0.5, 0.6) is 5.75 Å². The monoisotopic (exact) mass is 396 g/mol. The molecule has 7 heteroatoms. The summed E-state index contributed by atoms with van der Waals surface area (Å²) in [6, 6.07) is 13.0. The molecule has 2 amide bonds. The van der Waals surface area contributed by atoms with Crippen molar-refractivity contribution in [3.63, 3.8) is 0 Å². The van der Waals surface area contributed by atoms with Gasteiger partial charge in [0.25, 0.3) is 11.8 Å². The lowest BCUT2D eigenvalue weighted by atomic mass is 10.1. The van der Waals surface area contributed by atoms with Crippen molar-refractivity contribution in [2.75, 3.05) is 6.54 Å². The Labute approximate surface area is 167 Å². The summed E-state index contributed by atoms with van der Waals surface area (Å²) in [5.74, 6) is -0.966. The fourth-order valence-corrected chi connectivity index (χ4v) is 2.91. The minimum absolute atomic E-state index is 0.0442. The highest BCUT2D eigenvalue weighted by Crippen LogP contribution is 2.24. The maximum Gasteiger partial charge on any atom is 0.265 e. The van der Waals surface area contributed by atoms with Crippen molar-refractivity contribution < 1.29 is 18.7 Å². The number of amides is 2. The highest BCUT2D eigenvalue weighted by molar-refractivity contribution is 7.80. The number of hydrogen-bond acceptors (Lipinski definition) is 4.